The molecule has 0 bridgehead atoms. The molecule has 2 heterocycles. The van der Waals surface area contributed by atoms with Gasteiger partial charge in [-0.1, -0.05) is 18.2 Å². The van der Waals surface area contributed by atoms with Crippen LogP contribution in [0.3, 0.4) is 0 Å². The summed E-state index contributed by atoms with van der Waals surface area (Å²) in [5.74, 6) is -0.610. The Balaban J connectivity index is 1.70. The van der Waals surface area contributed by atoms with Crippen molar-refractivity contribution in [3.63, 3.8) is 0 Å². The summed E-state index contributed by atoms with van der Waals surface area (Å²) in [5.41, 5.74) is 2.59. The molecule has 112 valence electrons. The number of carbonyl (C=O) groups is 1. The highest BCUT2D eigenvalue weighted by molar-refractivity contribution is 6.09. The van der Waals surface area contributed by atoms with Gasteiger partial charge < -0.3 is 10.3 Å². The van der Waals surface area contributed by atoms with Crippen LogP contribution in [0.1, 0.15) is 10.5 Å². The molecular weight excluding hydrogens is 293 g/mol. The maximum absolute atomic E-state index is 13.2. The van der Waals surface area contributed by atoms with Crippen molar-refractivity contribution < 1.29 is 9.18 Å². The lowest BCUT2D eigenvalue weighted by Gasteiger charge is -2.07. The third-order valence-electron chi connectivity index (χ3n) is 3.72. The van der Waals surface area contributed by atoms with Gasteiger partial charge in [0.25, 0.3) is 5.91 Å². The highest BCUT2D eigenvalue weighted by Gasteiger charge is 2.12. The molecule has 2 aromatic carbocycles. The molecule has 0 unspecified atom stereocenters. The Labute approximate surface area is 131 Å². The molecule has 4 rings (SSSR count). The van der Waals surface area contributed by atoms with E-state index in [1.54, 1.807) is 24.4 Å². The number of amides is 1. The summed E-state index contributed by atoms with van der Waals surface area (Å²) in [6, 6.07) is 15.3. The molecule has 5 heteroatoms. The molecule has 2 aromatic heterocycles. The van der Waals surface area contributed by atoms with Gasteiger partial charge in [-0.2, -0.15) is 0 Å². The molecule has 0 fully saturated rings. The second kappa shape index (κ2) is 5.21. The molecule has 0 saturated carbocycles. The number of anilines is 1. The summed E-state index contributed by atoms with van der Waals surface area (Å²) in [4.78, 5) is 19.7. The smallest absolute Gasteiger partial charge is 0.272 e. The Morgan fingerprint density at radius 1 is 1.09 bits per heavy atom. The highest BCUT2D eigenvalue weighted by atomic mass is 19.1. The number of aromatic amines is 1. The summed E-state index contributed by atoms with van der Waals surface area (Å²) in [5, 5.41) is 4.40. The number of carbonyl (C=O) groups excluding carboxylic acids is 1. The number of fused-ring (bicyclic) bond motifs is 2. The van der Waals surface area contributed by atoms with E-state index < -0.39 is 0 Å². The first-order valence-electron chi connectivity index (χ1n) is 7.14. The number of hydrogen-bond acceptors (Lipinski definition) is 2. The molecule has 0 atom stereocenters. The molecule has 0 spiro atoms. The standard InChI is InChI=1S/C18H12FN3O/c19-12-5-6-14-11(9-12)10-17(21-14)18(23)22-16-7-8-20-15-4-2-1-3-13(15)16/h1-10,21H,(H,20,22,23). The quantitative estimate of drug-likeness (QED) is 0.585. The molecule has 1 amide bonds. The fraction of sp³-hybridized carbons (Fsp3) is 0. The van der Waals surface area contributed by atoms with Gasteiger partial charge in [-0.3, -0.25) is 9.78 Å². The van der Waals surface area contributed by atoms with Crippen molar-refractivity contribution in [2.24, 2.45) is 0 Å². The van der Waals surface area contributed by atoms with Crippen LogP contribution in [0.15, 0.2) is 60.8 Å². The largest absolute Gasteiger partial charge is 0.351 e. The van der Waals surface area contributed by atoms with Crippen molar-refractivity contribution in [2.75, 3.05) is 5.32 Å². The first kappa shape index (κ1) is 13.5. The monoisotopic (exact) mass is 305 g/mol. The number of pyridine rings is 1. The normalized spacial score (nSPS) is 11.0. The van der Waals surface area contributed by atoms with Gasteiger partial charge in [0.1, 0.15) is 11.5 Å². The van der Waals surface area contributed by atoms with Gasteiger partial charge in [0.15, 0.2) is 0 Å². The number of nitrogens with zero attached hydrogens (tertiary/aromatic N) is 1. The van der Waals surface area contributed by atoms with Crippen molar-refractivity contribution in [1.82, 2.24) is 9.97 Å². The number of hydrogen-bond donors (Lipinski definition) is 2. The lowest BCUT2D eigenvalue weighted by Crippen LogP contribution is -2.12. The van der Waals surface area contributed by atoms with E-state index in [9.17, 15) is 9.18 Å². The number of nitrogens with one attached hydrogen (secondary N) is 2. The molecule has 0 radical (unpaired) electrons. The van der Waals surface area contributed by atoms with E-state index in [1.807, 2.05) is 24.3 Å². The van der Waals surface area contributed by atoms with Crippen LogP contribution in [-0.2, 0) is 0 Å². The van der Waals surface area contributed by atoms with Gasteiger partial charge in [0.2, 0.25) is 0 Å². The van der Waals surface area contributed by atoms with Gasteiger partial charge in [-0.25, -0.2) is 4.39 Å². The van der Waals surface area contributed by atoms with E-state index in [0.29, 0.717) is 16.8 Å². The zero-order valence-corrected chi connectivity index (χ0v) is 12.0. The molecule has 4 aromatic rings. The number of H-pyrrole nitrogens is 1. The molecule has 0 aliphatic carbocycles. The lowest BCUT2D eigenvalue weighted by molar-refractivity contribution is 0.102. The Hall–Kier alpha value is -3.21. The predicted molar refractivity (Wildman–Crippen MR) is 88.0 cm³/mol. The Morgan fingerprint density at radius 2 is 1.96 bits per heavy atom. The van der Waals surface area contributed by atoms with Crippen LogP contribution in [0.2, 0.25) is 0 Å². The number of rotatable bonds is 2. The van der Waals surface area contributed by atoms with E-state index >= 15 is 0 Å². The fourth-order valence-corrected chi connectivity index (χ4v) is 2.62. The SMILES string of the molecule is O=C(Nc1ccnc2ccccc12)c1cc2cc(F)ccc2[nH]1. The number of benzene rings is 2. The molecule has 2 N–H and O–H groups in total. The topological polar surface area (TPSA) is 57.8 Å². The van der Waals surface area contributed by atoms with E-state index in [4.69, 9.17) is 0 Å². The Bertz CT molecular complexity index is 1030. The third kappa shape index (κ3) is 2.42. The average Bonchev–Trinajstić information content (AvgIpc) is 2.98. The van der Waals surface area contributed by atoms with Gasteiger partial charge in [-0.15, -0.1) is 0 Å². The van der Waals surface area contributed by atoms with Crippen LogP contribution >= 0.6 is 0 Å². The molecule has 0 aliphatic rings. The average molecular weight is 305 g/mol. The second-order valence-electron chi connectivity index (χ2n) is 5.24. The van der Waals surface area contributed by atoms with Crippen LogP contribution in [0.4, 0.5) is 10.1 Å². The predicted octanol–water partition coefficient (Wildman–Crippen LogP) is 4.11. The Kier molecular flexibility index (Phi) is 3.05. The van der Waals surface area contributed by atoms with Crippen molar-refractivity contribution in [1.29, 1.82) is 0 Å². The number of aromatic nitrogens is 2. The van der Waals surface area contributed by atoms with Crippen LogP contribution in [0, 0.1) is 5.82 Å². The minimum Gasteiger partial charge on any atom is -0.351 e. The Morgan fingerprint density at radius 3 is 2.87 bits per heavy atom. The number of halogens is 1. The maximum atomic E-state index is 13.2. The van der Waals surface area contributed by atoms with Crippen LogP contribution in [0.5, 0.6) is 0 Å². The second-order valence-corrected chi connectivity index (χ2v) is 5.24. The summed E-state index contributed by atoms with van der Waals surface area (Å²) in [6.07, 6.45) is 1.65. The van der Waals surface area contributed by atoms with Crippen molar-refractivity contribution >= 4 is 33.4 Å². The van der Waals surface area contributed by atoms with Gasteiger partial charge in [-0.05, 0) is 36.4 Å². The molecule has 23 heavy (non-hydrogen) atoms. The van der Waals surface area contributed by atoms with Crippen molar-refractivity contribution in [3.8, 4) is 0 Å². The number of para-hydroxylation sites is 1. The molecule has 4 nitrogen and oxygen atoms in total. The van der Waals surface area contributed by atoms with E-state index in [1.165, 1.54) is 12.1 Å². The van der Waals surface area contributed by atoms with E-state index in [-0.39, 0.29) is 11.7 Å². The van der Waals surface area contributed by atoms with E-state index in [2.05, 4.69) is 15.3 Å². The summed E-state index contributed by atoms with van der Waals surface area (Å²) < 4.78 is 13.2. The minimum atomic E-state index is -0.330. The molecule has 0 saturated heterocycles. The lowest BCUT2D eigenvalue weighted by atomic mass is 10.2. The zero-order valence-electron chi connectivity index (χ0n) is 12.0. The van der Waals surface area contributed by atoms with Crippen molar-refractivity contribution in [3.05, 3.63) is 72.3 Å². The third-order valence-corrected chi connectivity index (χ3v) is 3.72. The first-order chi connectivity index (χ1) is 11.2. The zero-order chi connectivity index (χ0) is 15.8. The minimum absolute atomic E-state index is 0.280. The summed E-state index contributed by atoms with van der Waals surface area (Å²) in [6.45, 7) is 0. The van der Waals surface area contributed by atoms with Gasteiger partial charge >= 0.3 is 0 Å². The van der Waals surface area contributed by atoms with Gasteiger partial charge in [0.05, 0.1) is 11.2 Å². The summed E-state index contributed by atoms with van der Waals surface area (Å²) in [7, 11) is 0. The van der Waals surface area contributed by atoms with Crippen LogP contribution < -0.4 is 5.32 Å². The molecular formula is C18H12FN3O. The first-order valence-corrected chi connectivity index (χ1v) is 7.14. The van der Waals surface area contributed by atoms with Crippen molar-refractivity contribution in [2.45, 2.75) is 0 Å². The fourth-order valence-electron chi connectivity index (χ4n) is 2.62. The van der Waals surface area contributed by atoms with Gasteiger partial charge in [0, 0.05) is 22.5 Å². The maximum Gasteiger partial charge on any atom is 0.272 e. The van der Waals surface area contributed by atoms with Crippen LogP contribution in [-0.4, -0.2) is 15.9 Å². The summed E-state index contributed by atoms with van der Waals surface area (Å²) >= 11 is 0. The van der Waals surface area contributed by atoms with E-state index in [0.717, 1.165) is 16.4 Å². The highest BCUT2D eigenvalue weighted by Crippen LogP contribution is 2.22. The molecule has 0 aliphatic heterocycles. The van der Waals surface area contributed by atoms with Crippen LogP contribution in [0.25, 0.3) is 21.8 Å².